The third kappa shape index (κ3) is 3.61. The molecule has 0 radical (unpaired) electrons. The first-order chi connectivity index (χ1) is 9.83. The van der Waals surface area contributed by atoms with E-state index < -0.39 is 10.0 Å². The number of hydrogen-bond donors (Lipinski definition) is 2. The highest BCUT2D eigenvalue weighted by atomic mass is 79.9. The molecule has 0 fully saturated rings. The van der Waals surface area contributed by atoms with E-state index in [-0.39, 0.29) is 4.90 Å². The van der Waals surface area contributed by atoms with E-state index in [9.17, 15) is 8.42 Å². The number of halogens is 2. The minimum Gasteiger partial charge on any atom is -0.495 e. The number of methoxy groups -OCH3 is 1. The van der Waals surface area contributed by atoms with Crippen molar-refractivity contribution in [3.05, 3.63) is 45.9 Å². The summed E-state index contributed by atoms with van der Waals surface area (Å²) in [5.41, 5.74) is 6.38. The summed E-state index contributed by atoms with van der Waals surface area (Å²) in [5, 5.41) is 0.422. The van der Waals surface area contributed by atoms with Gasteiger partial charge in [0, 0.05) is 15.6 Å². The number of hydrogen-bond acceptors (Lipinski definition) is 4. The molecule has 5 nitrogen and oxygen atoms in total. The van der Waals surface area contributed by atoms with Crippen molar-refractivity contribution >= 4 is 48.9 Å². The van der Waals surface area contributed by atoms with Gasteiger partial charge in [0.2, 0.25) is 0 Å². The largest absolute Gasteiger partial charge is 0.495 e. The Labute approximate surface area is 136 Å². The first-order valence-electron chi connectivity index (χ1n) is 5.75. The molecule has 21 heavy (non-hydrogen) atoms. The molecule has 0 aromatic heterocycles. The van der Waals surface area contributed by atoms with Crippen molar-refractivity contribution in [3.8, 4) is 5.75 Å². The summed E-state index contributed by atoms with van der Waals surface area (Å²) in [5.74, 6) is 0.294. The molecule has 0 bridgehead atoms. The van der Waals surface area contributed by atoms with Gasteiger partial charge in [-0.25, -0.2) is 8.42 Å². The van der Waals surface area contributed by atoms with E-state index in [4.69, 9.17) is 22.1 Å². The Bertz CT molecular complexity index is 781. The van der Waals surface area contributed by atoms with Gasteiger partial charge in [0.25, 0.3) is 10.0 Å². The van der Waals surface area contributed by atoms with E-state index in [1.54, 1.807) is 12.1 Å². The molecular formula is C13H12BrClN2O3S. The SMILES string of the molecule is COc1cc(S(=O)(=O)Nc2cc(Cl)ccc2Br)ccc1N. The number of anilines is 2. The van der Waals surface area contributed by atoms with Gasteiger partial charge in [0.15, 0.2) is 0 Å². The van der Waals surface area contributed by atoms with Crippen LogP contribution in [0.2, 0.25) is 5.02 Å². The van der Waals surface area contributed by atoms with Crippen LogP contribution in [0, 0.1) is 0 Å². The first kappa shape index (κ1) is 15.9. The fourth-order valence-electron chi connectivity index (χ4n) is 1.64. The minimum atomic E-state index is -3.78. The molecule has 8 heteroatoms. The second kappa shape index (κ2) is 6.13. The number of benzene rings is 2. The molecule has 3 N–H and O–H groups in total. The van der Waals surface area contributed by atoms with Gasteiger partial charge in [-0.15, -0.1) is 0 Å². The van der Waals surface area contributed by atoms with Crippen molar-refractivity contribution in [2.45, 2.75) is 4.90 Å². The fraction of sp³-hybridized carbons (Fsp3) is 0.0769. The Morgan fingerprint density at radius 1 is 1.24 bits per heavy atom. The molecule has 112 valence electrons. The molecule has 2 aromatic rings. The minimum absolute atomic E-state index is 0.0421. The van der Waals surface area contributed by atoms with E-state index in [0.29, 0.717) is 26.6 Å². The molecule has 0 heterocycles. The monoisotopic (exact) mass is 390 g/mol. The lowest BCUT2D eigenvalue weighted by Gasteiger charge is -2.12. The predicted octanol–water partition coefficient (Wildman–Crippen LogP) is 3.49. The van der Waals surface area contributed by atoms with Crippen molar-refractivity contribution in [2.75, 3.05) is 17.6 Å². The number of sulfonamides is 1. The van der Waals surface area contributed by atoms with Crippen LogP contribution < -0.4 is 15.2 Å². The third-order valence-corrected chi connectivity index (χ3v) is 4.98. The van der Waals surface area contributed by atoms with Gasteiger partial charge >= 0.3 is 0 Å². The molecule has 0 amide bonds. The standard InChI is InChI=1S/C13H12BrClN2O3S/c1-20-13-7-9(3-5-11(13)16)21(18,19)17-12-6-8(15)2-4-10(12)14/h2-7,17H,16H2,1H3. The maximum atomic E-state index is 12.4. The van der Waals surface area contributed by atoms with Gasteiger partial charge in [0.1, 0.15) is 5.75 Å². The van der Waals surface area contributed by atoms with Crippen LogP contribution >= 0.6 is 27.5 Å². The van der Waals surface area contributed by atoms with Crippen molar-refractivity contribution in [1.82, 2.24) is 0 Å². The van der Waals surface area contributed by atoms with E-state index >= 15 is 0 Å². The van der Waals surface area contributed by atoms with Crippen molar-refractivity contribution < 1.29 is 13.2 Å². The highest BCUT2D eigenvalue weighted by Crippen LogP contribution is 2.30. The molecule has 0 saturated heterocycles. The Kier molecular flexibility index (Phi) is 4.65. The van der Waals surface area contributed by atoms with Crippen LogP contribution in [0.4, 0.5) is 11.4 Å². The number of ether oxygens (including phenoxy) is 1. The van der Waals surface area contributed by atoms with Gasteiger partial charge in [-0.05, 0) is 46.3 Å². The second-order valence-corrected chi connectivity index (χ2v) is 7.11. The summed E-state index contributed by atoms with van der Waals surface area (Å²) < 4.78 is 32.8. The molecule has 0 aliphatic rings. The van der Waals surface area contributed by atoms with Crippen LogP contribution in [0.1, 0.15) is 0 Å². The summed E-state index contributed by atoms with van der Waals surface area (Å²) in [4.78, 5) is 0.0421. The van der Waals surface area contributed by atoms with Crippen LogP contribution in [0.3, 0.4) is 0 Å². The zero-order chi connectivity index (χ0) is 15.6. The van der Waals surface area contributed by atoms with E-state index in [2.05, 4.69) is 20.7 Å². The number of nitrogen functional groups attached to an aromatic ring is 1. The topological polar surface area (TPSA) is 81.4 Å². The summed E-state index contributed by atoms with van der Waals surface area (Å²) in [6, 6.07) is 9.05. The maximum absolute atomic E-state index is 12.4. The van der Waals surface area contributed by atoms with Crippen molar-refractivity contribution in [1.29, 1.82) is 0 Å². The van der Waals surface area contributed by atoms with E-state index in [1.165, 1.54) is 31.4 Å². The summed E-state index contributed by atoms with van der Waals surface area (Å²) in [6.07, 6.45) is 0. The lowest BCUT2D eigenvalue weighted by atomic mass is 10.3. The molecule has 0 aliphatic carbocycles. The average Bonchev–Trinajstić information content (AvgIpc) is 2.43. The van der Waals surface area contributed by atoms with Gasteiger partial charge in [-0.2, -0.15) is 0 Å². The van der Waals surface area contributed by atoms with Crippen LogP contribution in [-0.2, 0) is 10.0 Å². The first-order valence-corrected chi connectivity index (χ1v) is 8.40. The van der Waals surface area contributed by atoms with Crippen molar-refractivity contribution in [3.63, 3.8) is 0 Å². The fourth-order valence-corrected chi connectivity index (χ4v) is 3.37. The Balaban J connectivity index is 2.41. The molecule has 0 unspecified atom stereocenters. The zero-order valence-corrected chi connectivity index (χ0v) is 14.1. The van der Waals surface area contributed by atoms with Gasteiger partial charge in [-0.3, -0.25) is 4.72 Å². The van der Waals surface area contributed by atoms with Gasteiger partial charge in [0.05, 0.1) is 23.4 Å². The normalized spacial score (nSPS) is 11.2. The smallest absolute Gasteiger partial charge is 0.262 e. The molecular weight excluding hydrogens is 380 g/mol. The predicted molar refractivity (Wildman–Crippen MR) is 87.4 cm³/mol. The van der Waals surface area contributed by atoms with E-state index in [1.807, 2.05) is 0 Å². The molecule has 0 aliphatic heterocycles. The highest BCUT2D eigenvalue weighted by Gasteiger charge is 2.17. The van der Waals surface area contributed by atoms with Gasteiger partial charge < -0.3 is 10.5 Å². The van der Waals surface area contributed by atoms with Crippen LogP contribution in [0.15, 0.2) is 45.8 Å². The Hall–Kier alpha value is -1.44. The summed E-state index contributed by atoms with van der Waals surface area (Å²) in [6.45, 7) is 0. The summed E-state index contributed by atoms with van der Waals surface area (Å²) in [7, 11) is -2.36. The molecule has 2 aromatic carbocycles. The average molecular weight is 392 g/mol. The Morgan fingerprint density at radius 2 is 1.95 bits per heavy atom. The molecule has 0 saturated carbocycles. The lowest BCUT2D eigenvalue weighted by molar-refractivity contribution is 0.415. The lowest BCUT2D eigenvalue weighted by Crippen LogP contribution is -2.13. The number of rotatable bonds is 4. The zero-order valence-electron chi connectivity index (χ0n) is 10.9. The van der Waals surface area contributed by atoms with Gasteiger partial charge in [-0.1, -0.05) is 11.6 Å². The quantitative estimate of drug-likeness (QED) is 0.782. The second-order valence-electron chi connectivity index (χ2n) is 4.13. The third-order valence-electron chi connectivity index (χ3n) is 2.69. The number of nitrogens with two attached hydrogens (primary N) is 1. The highest BCUT2D eigenvalue weighted by molar-refractivity contribution is 9.10. The summed E-state index contributed by atoms with van der Waals surface area (Å²) >= 11 is 9.13. The van der Waals surface area contributed by atoms with Crippen LogP contribution in [0.5, 0.6) is 5.75 Å². The number of nitrogens with one attached hydrogen (secondary N) is 1. The van der Waals surface area contributed by atoms with E-state index in [0.717, 1.165) is 0 Å². The maximum Gasteiger partial charge on any atom is 0.262 e. The van der Waals surface area contributed by atoms with Crippen molar-refractivity contribution in [2.24, 2.45) is 0 Å². The molecule has 2 rings (SSSR count). The molecule has 0 atom stereocenters. The Morgan fingerprint density at radius 3 is 2.62 bits per heavy atom. The van der Waals surface area contributed by atoms with Crippen LogP contribution in [0.25, 0.3) is 0 Å². The van der Waals surface area contributed by atoms with Crippen LogP contribution in [-0.4, -0.2) is 15.5 Å². The molecule has 0 spiro atoms.